The molecular formula is C20H21N5O2. The van der Waals surface area contributed by atoms with Gasteiger partial charge in [0.2, 0.25) is 5.95 Å². The summed E-state index contributed by atoms with van der Waals surface area (Å²) < 4.78 is 1.38. The van der Waals surface area contributed by atoms with Gasteiger partial charge in [-0.15, -0.1) is 0 Å². The van der Waals surface area contributed by atoms with Crippen LogP contribution in [0.1, 0.15) is 10.4 Å². The van der Waals surface area contributed by atoms with Crippen LogP contribution in [0, 0.1) is 0 Å². The Labute approximate surface area is 157 Å². The average molecular weight is 363 g/mol. The number of nitrogens with zero attached hydrogens (tertiary/aromatic N) is 4. The van der Waals surface area contributed by atoms with Crippen LogP contribution in [0.25, 0.3) is 11.3 Å². The number of hydrogen-bond donors (Lipinski definition) is 1. The number of ketones is 1. The first-order valence-corrected chi connectivity index (χ1v) is 8.48. The van der Waals surface area contributed by atoms with Gasteiger partial charge in [0.05, 0.1) is 12.2 Å². The van der Waals surface area contributed by atoms with Gasteiger partial charge >= 0.3 is 0 Å². The van der Waals surface area contributed by atoms with Gasteiger partial charge < -0.3 is 10.2 Å². The van der Waals surface area contributed by atoms with Gasteiger partial charge in [-0.1, -0.05) is 12.1 Å². The molecule has 0 spiro atoms. The lowest BCUT2D eigenvalue weighted by Gasteiger charge is -2.14. The van der Waals surface area contributed by atoms with Gasteiger partial charge in [0.25, 0.3) is 5.56 Å². The second-order valence-corrected chi connectivity index (χ2v) is 6.32. The molecule has 27 heavy (non-hydrogen) atoms. The Bertz CT molecular complexity index is 1010. The third-order valence-corrected chi connectivity index (χ3v) is 4.20. The van der Waals surface area contributed by atoms with Crippen molar-refractivity contribution in [3.63, 3.8) is 0 Å². The molecule has 1 N–H and O–H groups in total. The largest absolute Gasteiger partial charge is 0.378 e. The van der Waals surface area contributed by atoms with Crippen molar-refractivity contribution < 1.29 is 4.79 Å². The zero-order valence-electron chi connectivity index (χ0n) is 15.5. The van der Waals surface area contributed by atoms with E-state index in [1.165, 1.54) is 10.6 Å². The quantitative estimate of drug-likeness (QED) is 0.677. The Morgan fingerprint density at radius 2 is 1.89 bits per heavy atom. The molecule has 0 saturated heterocycles. The van der Waals surface area contributed by atoms with Crippen LogP contribution >= 0.6 is 0 Å². The van der Waals surface area contributed by atoms with Gasteiger partial charge in [-0.2, -0.15) is 0 Å². The lowest BCUT2D eigenvalue weighted by molar-refractivity contribution is 0.101. The maximum atomic E-state index is 12.5. The van der Waals surface area contributed by atoms with Gasteiger partial charge in [0.1, 0.15) is 0 Å². The van der Waals surface area contributed by atoms with Crippen molar-refractivity contribution in [2.45, 2.75) is 0 Å². The second-order valence-electron chi connectivity index (χ2n) is 6.32. The van der Waals surface area contributed by atoms with Crippen LogP contribution in [-0.2, 0) is 7.05 Å². The van der Waals surface area contributed by atoms with Crippen LogP contribution < -0.4 is 15.8 Å². The summed E-state index contributed by atoms with van der Waals surface area (Å²) in [5, 5.41) is 2.98. The van der Waals surface area contributed by atoms with Gasteiger partial charge in [0, 0.05) is 56.4 Å². The van der Waals surface area contributed by atoms with E-state index in [1.807, 2.05) is 37.2 Å². The highest BCUT2D eigenvalue weighted by Crippen LogP contribution is 2.16. The number of nitrogens with one attached hydrogen (secondary N) is 1. The predicted octanol–water partition coefficient (Wildman–Crippen LogP) is 2.20. The maximum Gasteiger partial charge on any atom is 0.255 e. The van der Waals surface area contributed by atoms with Gasteiger partial charge in [0.15, 0.2) is 5.78 Å². The summed E-state index contributed by atoms with van der Waals surface area (Å²) in [7, 11) is 5.46. The normalized spacial score (nSPS) is 10.5. The number of carbonyl (C=O) groups excluding carboxylic acids is 1. The number of carbonyl (C=O) groups is 1. The van der Waals surface area contributed by atoms with Gasteiger partial charge in [-0.25, -0.2) is 4.98 Å². The first kappa shape index (κ1) is 18.3. The fourth-order valence-corrected chi connectivity index (χ4v) is 2.59. The number of hydrogen-bond acceptors (Lipinski definition) is 6. The molecule has 0 radical (unpaired) electrons. The number of Topliss-reactive ketones (excluding diaryl/α,β-unsaturated/α-hetero) is 1. The van der Waals surface area contributed by atoms with Crippen molar-refractivity contribution >= 4 is 17.4 Å². The molecule has 2 aromatic heterocycles. The molecular weight excluding hydrogens is 342 g/mol. The Morgan fingerprint density at radius 3 is 2.59 bits per heavy atom. The average Bonchev–Trinajstić information content (AvgIpc) is 2.69. The van der Waals surface area contributed by atoms with Crippen LogP contribution in [0.5, 0.6) is 0 Å². The highest BCUT2D eigenvalue weighted by atomic mass is 16.1. The van der Waals surface area contributed by atoms with E-state index in [2.05, 4.69) is 15.3 Å². The molecule has 7 heteroatoms. The summed E-state index contributed by atoms with van der Waals surface area (Å²) in [6.07, 6.45) is 3.28. The lowest BCUT2D eigenvalue weighted by Crippen LogP contribution is -2.24. The smallest absolute Gasteiger partial charge is 0.255 e. The molecule has 138 valence electrons. The maximum absolute atomic E-state index is 12.5. The summed E-state index contributed by atoms with van der Waals surface area (Å²) in [6, 6.07) is 12.4. The monoisotopic (exact) mass is 363 g/mol. The molecule has 0 aliphatic heterocycles. The fraction of sp³-hybridized carbons (Fsp3) is 0.200. The summed E-state index contributed by atoms with van der Waals surface area (Å²) in [6.45, 7) is 0.0387. The zero-order chi connectivity index (χ0) is 19.4. The van der Waals surface area contributed by atoms with E-state index in [1.54, 1.807) is 37.6 Å². The predicted molar refractivity (Wildman–Crippen MR) is 106 cm³/mol. The minimum Gasteiger partial charge on any atom is -0.378 e. The number of anilines is 2. The molecule has 0 amide bonds. The van der Waals surface area contributed by atoms with Crippen LogP contribution in [0.3, 0.4) is 0 Å². The van der Waals surface area contributed by atoms with E-state index in [0.29, 0.717) is 17.2 Å². The highest BCUT2D eigenvalue weighted by molar-refractivity contribution is 5.99. The van der Waals surface area contributed by atoms with Crippen molar-refractivity contribution in [3.05, 3.63) is 70.8 Å². The SMILES string of the molecule is CN(C)c1cccc(C(=O)CNc2nc(-c3ccncc3)cc(=O)n2C)c1. The number of rotatable bonds is 6. The minimum absolute atomic E-state index is 0.0387. The number of aromatic nitrogens is 3. The topological polar surface area (TPSA) is 80.1 Å². The summed E-state index contributed by atoms with van der Waals surface area (Å²) in [5.74, 6) is 0.258. The molecule has 0 atom stereocenters. The van der Waals surface area contributed by atoms with Crippen molar-refractivity contribution in [3.8, 4) is 11.3 Å². The van der Waals surface area contributed by atoms with Crippen LogP contribution in [0.2, 0.25) is 0 Å². The molecule has 0 unspecified atom stereocenters. The lowest BCUT2D eigenvalue weighted by atomic mass is 10.1. The molecule has 1 aromatic carbocycles. The summed E-state index contributed by atoms with van der Waals surface area (Å²) >= 11 is 0. The third kappa shape index (κ3) is 4.20. The van der Waals surface area contributed by atoms with Gasteiger partial charge in [-0.3, -0.25) is 19.1 Å². The van der Waals surface area contributed by atoms with Crippen LogP contribution in [0.15, 0.2) is 59.7 Å². The zero-order valence-corrected chi connectivity index (χ0v) is 15.5. The molecule has 7 nitrogen and oxygen atoms in total. The van der Waals surface area contributed by atoms with Crippen molar-refractivity contribution in [2.75, 3.05) is 30.9 Å². The standard InChI is InChI=1S/C20H21N5O2/c1-24(2)16-6-4-5-15(11-16)18(26)13-22-20-23-17(12-19(27)25(20)3)14-7-9-21-10-8-14/h4-12H,13H2,1-3H3,(H,22,23). The van der Waals surface area contributed by atoms with E-state index in [4.69, 9.17) is 0 Å². The molecule has 0 saturated carbocycles. The van der Waals surface area contributed by atoms with Crippen LogP contribution in [0.4, 0.5) is 11.6 Å². The number of pyridine rings is 1. The molecule has 0 fully saturated rings. The van der Waals surface area contributed by atoms with Crippen molar-refractivity contribution in [2.24, 2.45) is 7.05 Å². The Kier molecular flexibility index (Phi) is 5.30. The molecule has 3 rings (SSSR count). The Hall–Kier alpha value is -3.48. The molecule has 2 heterocycles. The summed E-state index contributed by atoms with van der Waals surface area (Å²) in [4.78, 5) is 35.2. The molecule has 0 bridgehead atoms. The molecule has 0 aliphatic carbocycles. The second kappa shape index (κ2) is 7.82. The van der Waals surface area contributed by atoms with Crippen molar-refractivity contribution in [1.82, 2.24) is 14.5 Å². The summed E-state index contributed by atoms with van der Waals surface area (Å²) in [5.41, 5.74) is 2.66. The molecule has 0 aliphatic rings. The van der Waals surface area contributed by atoms with Crippen molar-refractivity contribution in [1.29, 1.82) is 0 Å². The van der Waals surface area contributed by atoms with E-state index in [9.17, 15) is 9.59 Å². The highest BCUT2D eigenvalue weighted by Gasteiger charge is 2.11. The Morgan fingerprint density at radius 1 is 1.15 bits per heavy atom. The van der Waals surface area contributed by atoms with Gasteiger partial charge in [-0.05, 0) is 24.3 Å². The van der Waals surface area contributed by atoms with E-state index >= 15 is 0 Å². The van der Waals surface area contributed by atoms with Crippen LogP contribution in [-0.4, -0.2) is 41.0 Å². The first-order chi connectivity index (χ1) is 13.0. The first-order valence-electron chi connectivity index (χ1n) is 8.48. The fourth-order valence-electron chi connectivity index (χ4n) is 2.59. The third-order valence-electron chi connectivity index (χ3n) is 4.20. The van der Waals surface area contributed by atoms with E-state index in [-0.39, 0.29) is 17.9 Å². The Balaban J connectivity index is 1.81. The number of benzene rings is 1. The molecule has 3 aromatic rings. The minimum atomic E-state index is -0.207. The van der Waals surface area contributed by atoms with E-state index < -0.39 is 0 Å². The van der Waals surface area contributed by atoms with E-state index in [0.717, 1.165) is 11.3 Å².